The van der Waals surface area contributed by atoms with Crippen LogP contribution in [0.25, 0.3) is 33.1 Å². The summed E-state index contributed by atoms with van der Waals surface area (Å²) >= 11 is 0. The molecule has 119 heavy (non-hydrogen) atoms. The second-order valence-electron chi connectivity index (χ2n) is 38.2. The lowest BCUT2D eigenvalue weighted by Crippen LogP contribution is -2.59. The van der Waals surface area contributed by atoms with Crippen LogP contribution in [-0.4, -0.2) is 168 Å². The summed E-state index contributed by atoms with van der Waals surface area (Å²) in [6.45, 7) is 7.99. The second-order valence-corrected chi connectivity index (χ2v) is 38.2. The van der Waals surface area contributed by atoms with E-state index in [2.05, 4.69) is 54.0 Å². The molecule has 6 saturated carbocycles. The monoisotopic (exact) mass is 1630 g/mol. The molecule has 18 rings (SSSR count). The van der Waals surface area contributed by atoms with E-state index in [-0.39, 0.29) is 77.6 Å². The Morgan fingerprint density at radius 2 is 0.706 bits per heavy atom. The molecule has 24 heteroatoms. The number of aromatic nitrogens is 6. The lowest BCUT2D eigenvalue weighted by atomic mass is 9.64. The average molecular weight is 1630 g/mol. The maximum absolute atomic E-state index is 14.2. The number of carbonyl (C=O) groups is 3. The summed E-state index contributed by atoms with van der Waals surface area (Å²) in [5.41, 5.74) is 5.83. The van der Waals surface area contributed by atoms with Crippen molar-refractivity contribution in [1.29, 1.82) is 0 Å². The van der Waals surface area contributed by atoms with E-state index in [1.807, 2.05) is 93.4 Å². The lowest BCUT2D eigenvalue weighted by Gasteiger charge is -2.56. The molecular weight excluding hydrogens is 1500 g/mol. The van der Waals surface area contributed by atoms with Gasteiger partial charge in [0.2, 0.25) is 6.61 Å². The van der Waals surface area contributed by atoms with Crippen LogP contribution in [-0.2, 0) is 28.9 Å². The van der Waals surface area contributed by atoms with Crippen LogP contribution in [0.3, 0.4) is 0 Å². The number of hydrogen-bond donors (Lipinski definition) is 3. The van der Waals surface area contributed by atoms with E-state index in [9.17, 15) is 39.0 Å². The van der Waals surface area contributed by atoms with Gasteiger partial charge in [0, 0.05) is 85.3 Å². The molecule has 12 fully saturated rings. The number of carboxylic acids is 3. The van der Waals surface area contributed by atoms with E-state index >= 15 is 0 Å². The highest BCUT2D eigenvalue weighted by Crippen LogP contribution is 2.53. The first-order chi connectivity index (χ1) is 57.9. The number of piperidine rings is 6. The van der Waals surface area contributed by atoms with Crippen molar-refractivity contribution in [3.8, 4) is 0 Å². The number of rotatable bonds is 23. The largest absolute Gasteiger partial charge is 0.481 e. The summed E-state index contributed by atoms with van der Waals surface area (Å²) < 4.78 is 5.91. The second kappa shape index (κ2) is 38.0. The number of para-hydroxylation sites is 6. The summed E-state index contributed by atoms with van der Waals surface area (Å²) in [5, 5.41) is 39.6. The van der Waals surface area contributed by atoms with Gasteiger partial charge in [-0.3, -0.25) is 38.7 Å². The SMILES string of the molecule is C/C(=N\OCC(=O)O)c1nc2ccccc2n(C2C[C@H]3CCC[C@@H](C2)N3C2C[C@H]3CCCC[C@@H](C2)C3)c1=O.CCC1C[C@@H]2CC(N3[C@@H]4CCC[C@H]3CC(n3c(=O)c(/C(CCC(=O)O)=N/OC)nc5ccccc53)C4)C[C@H](C1)C2.CCO/N=C(\CCC(=O)O)c1nc2ccccc2n(C2C[C@H]3CCC[C@@H](C2)N3C2C[C@H]3CC(CC)C[C@@H](C2)C3)c1=O. The normalized spacial score (nSPS) is 32.3. The van der Waals surface area contributed by atoms with Gasteiger partial charge in [0.25, 0.3) is 16.7 Å². The van der Waals surface area contributed by atoms with E-state index < -0.39 is 24.5 Å². The van der Waals surface area contributed by atoms with Gasteiger partial charge in [0.15, 0.2) is 17.1 Å². The molecule has 6 aliphatic carbocycles. The third-order valence-corrected chi connectivity index (χ3v) is 30.6. The smallest absolute Gasteiger partial charge is 0.344 e. The molecule has 0 spiro atoms. The highest BCUT2D eigenvalue weighted by atomic mass is 16.6. The lowest BCUT2D eigenvalue weighted by molar-refractivity contribution is -0.142. The molecule has 0 radical (unpaired) electrons. The van der Waals surface area contributed by atoms with E-state index in [1.165, 1.54) is 187 Å². The van der Waals surface area contributed by atoms with Gasteiger partial charge in [0.1, 0.15) is 30.9 Å². The van der Waals surface area contributed by atoms with Crippen molar-refractivity contribution >= 4 is 68.1 Å². The van der Waals surface area contributed by atoms with Gasteiger partial charge in [-0.25, -0.2) is 19.7 Å². The topological polar surface area (TPSA) is 291 Å². The van der Waals surface area contributed by atoms with Gasteiger partial charge >= 0.3 is 17.9 Å². The van der Waals surface area contributed by atoms with Crippen molar-refractivity contribution in [2.75, 3.05) is 20.3 Å². The standard InChI is InChI=1S/C33H46N4O4.C32H44N4O4.C30H40N4O4/c1-3-21-14-22-16-23(15-21)18-26(17-22)36-24-8-7-9-25(36)20-27(19-24)37-30-11-6-5-10-28(30)34-32(33(37)40)29(35-41-4-2)12-13-31(38)39;1-3-20-13-21-15-22(14-20)17-25(16-21)35-23-7-6-8-24(35)19-26(18-23)36-29-10-5-4-9-27(29)33-31(32(36)39)28(34-40-2)11-12-30(37)38;1-19(32-38-18-28(35)36)29-30(37)34(27-12-5-4-11-26(27)31-29)25-16-22-9-6-10-23(17-25)33(22)24-14-20-7-2-3-8-21(13-20)15-24/h5-6,10-11,21-27H,3-4,7-9,12-20H2,1-2H3,(H,38,39);4-5,9-10,20-26H,3,6-8,11-19H2,1-2H3,(H,37,38);4-5,11-12,20-25H,2-3,6-10,13-18H2,1H3,(H,35,36)/b35-29+;34-28+;32-19+/t21?,22-,23+,24-,25+,26?,27?;20?,21-,22+,23-,24+,25?,26?;20-,21+,22-,23+,24?,25?. The van der Waals surface area contributed by atoms with Gasteiger partial charge in [-0.2, -0.15) is 0 Å². The maximum atomic E-state index is 14.2. The first kappa shape index (κ1) is 84.4. The summed E-state index contributed by atoms with van der Waals surface area (Å²) in [6.07, 6.45) is 43.3. The van der Waals surface area contributed by atoms with Crippen LogP contribution in [0.5, 0.6) is 0 Å². The number of fused-ring (bicyclic) bond motifs is 15. The summed E-state index contributed by atoms with van der Waals surface area (Å²) in [7, 11) is 1.42. The Bertz CT molecular complexity index is 4800. The van der Waals surface area contributed by atoms with Crippen LogP contribution in [0.4, 0.5) is 0 Å². The fourth-order valence-corrected chi connectivity index (χ4v) is 26.3. The van der Waals surface area contributed by atoms with Crippen LogP contribution in [0.2, 0.25) is 0 Å². The van der Waals surface area contributed by atoms with Crippen molar-refractivity contribution in [2.24, 2.45) is 62.8 Å². The Morgan fingerprint density at radius 3 is 1.05 bits per heavy atom. The minimum atomic E-state index is -1.11. The van der Waals surface area contributed by atoms with Crippen molar-refractivity contribution in [1.82, 2.24) is 43.4 Å². The van der Waals surface area contributed by atoms with E-state index in [1.54, 1.807) is 6.92 Å². The molecule has 3 N–H and O–H groups in total. The average Bonchev–Trinajstić information content (AvgIpc) is 0.865. The number of oxime groups is 3. The van der Waals surface area contributed by atoms with Gasteiger partial charge in [-0.1, -0.05) is 124 Å². The summed E-state index contributed by atoms with van der Waals surface area (Å²) in [4.78, 5) is 114. The van der Waals surface area contributed by atoms with Gasteiger partial charge in [0.05, 0.1) is 45.9 Å². The predicted molar refractivity (Wildman–Crippen MR) is 462 cm³/mol. The fraction of sp³-hybridized carbons (Fsp3) is 0.684. The Balaban J connectivity index is 0.000000133. The minimum Gasteiger partial charge on any atom is -0.481 e. The van der Waals surface area contributed by atoms with Gasteiger partial charge in [-0.05, 0) is 258 Å². The first-order valence-corrected chi connectivity index (χ1v) is 46.3. The van der Waals surface area contributed by atoms with Crippen LogP contribution in [0, 0.1) is 47.3 Å². The van der Waals surface area contributed by atoms with E-state index in [0.717, 1.165) is 119 Å². The Morgan fingerprint density at radius 1 is 0.370 bits per heavy atom. The Hall–Kier alpha value is -8.22. The zero-order valence-electron chi connectivity index (χ0n) is 71.1. The predicted octanol–water partition coefficient (Wildman–Crippen LogP) is 17.1. The molecule has 0 amide bonds. The molecule has 9 heterocycles. The molecule has 12 bridgehead atoms. The molecule has 6 aliphatic heterocycles. The highest BCUT2D eigenvalue weighted by molar-refractivity contribution is 6.02. The number of hydrogen-bond acceptors (Lipinski definition) is 18. The number of benzene rings is 3. The van der Waals surface area contributed by atoms with Crippen molar-refractivity contribution in [3.63, 3.8) is 0 Å². The van der Waals surface area contributed by atoms with Crippen LogP contribution >= 0.6 is 0 Å². The van der Waals surface area contributed by atoms with Gasteiger partial charge < -0.3 is 43.5 Å². The van der Waals surface area contributed by atoms with Crippen LogP contribution in [0.1, 0.15) is 307 Å². The van der Waals surface area contributed by atoms with Crippen molar-refractivity contribution in [2.45, 2.75) is 344 Å². The molecule has 3 aromatic carbocycles. The summed E-state index contributed by atoms with van der Waals surface area (Å²) in [5.74, 6) is 4.22. The quantitative estimate of drug-likeness (QED) is 0.0397. The number of aliphatic carboxylic acids is 3. The molecule has 12 aliphatic rings. The molecule has 8 unspecified atom stereocenters. The Labute approximate surface area is 700 Å². The number of nitrogens with zero attached hydrogens (tertiary/aromatic N) is 12. The zero-order valence-corrected chi connectivity index (χ0v) is 71.1. The molecule has 6 aromatic rings. The molecule has 24 nitrogen and oxygen atoms in total. The molecule has 642 valence electrons. The molecule has 20 atom stereocenters. The zero-order chi connectivity index (χ0) is 82.5. The molecule has 3 aromatic heterocycles. The van der Waals surface area contributed by atoms with Crippen LogP contribution < -0.4 is 16.7 Å². The summed E-state index contributed by atoms with van der Waals surface area (Å²) in [6, 6.07) is 28.9. The van der Waals surface area contributed by atoms with Crippen molar-refractivity contribution < 1.29 is 44.2 Å². The van der Waals surface area contributed by atoms with Gasteiger partial charge in [-0.15, -0.1) is 0 Å². The maximum Gasteiger partial charge on any atom is 0.344 e. The fourth-order valence-electron chi connectivity index (χ4n) is 26.3. The number of carboxylic acid groups (broad SMARTS) is 3. The van der Waals surface area contributed by atoms with Crippen molar-refractivity contribution in [3.05, 3.63) is 121 Å². The third-order valence-electron chi connectivity index (χ3n) is 30.6. The molecule has 6 saturated heterocycles. The molecular formula is C95H130N12O12. The Kier molecular flexibility index (Phi) is 27.0. The minimum absolute atomic E-state index is 0.0843. The van der Waals surface area contributed by atoms with E-state index in [4.69, 9.17) is 24.6 Å². The van der Waals surface area contributed by atoms with Crippen LogP contribution in [0.15, 0.2) is 103 Å². The van der Waals surface area contributed by atoms with E-state index in [0.29, 0.717) is 78.1 Å². The highest BCUT2D eigenvalue weighted by Gasteiger charge is 2.50. The third kappa shape index (κ3) is 18.8. The first-order valence-electron chi connectivity index (χ1n) is 46.3.